The molecule has 0 amide bonds. The molecule has 0 spiro atoms. The fraction of sp³-hybridized carbons (Fsp3) is 0.341. The number of hydrogen-bond donors (Lipinski definition) is 0. The monoisotopic (exact) mass is 563 g/mol. The Morgan fingerprint density at radius 3 is 2.28 bits per heavy atom. The topological polar surface area (TPSA) is 7.94 Å². The number of hydrogen-bond acceptors (Lipinski definition) is 0. The number of benzene rings is 4. The molecular weight excluding hydrogens is 520 g/mol. The van der Waals surface area contributed by atoms with Crippen molar-refractivity contribution >= 4 is 28.0 Å². The molecule has 2 nitrogen and oxygen atoms in total. The molecular formula is C41H43N2+. The first kappa shape index (κ1) is 26.7. The van der Waals surface area contributed by atoms with E-state index in [0.29, 0.717) is 12.0 Å². The number of fused-ring (bicyclic) bond motifs is 9. The average molecular weight is 564 g/mol. The highest BCUT2D eigenvalue weighted by Gasteiger charge is 2.59. The third kappa shape index (κ3) is 3.22. The Labute approximate surface area is 256 Å². The highest BCUT2D eigenvalue weighted by molar-refractivity contribution is 6.11. The van der Waals surface area contributed by atoms with Gasteiger partial charge in [0.25, 0.3) is 0 Å². The molecule has 0 N–H and O–H groups in total. The minimum absolute atomic E-state index is 0.0367. The van der Waals surface area contributed by atoms with Crippen molar-refractivity contribution in [2.75, 3.05) is 0 Å². The van der Waals surface area contributed by atoms with Gasteiger partial charge in [0.15, 0.2) is 17.8 Å². The first-order valence-corrected chi connectivity index (χ1v) is 16.3. The standard InChI is InChI=1S/C41H43N2/c1-8-40(6)34-21-20-27(23-32(34)38-26(3)15-14-22-42(38)41(40,7)9-2)43-36-19-13-11-17-29(36)31-24-30-28-16-10-12-18-33(28)39(4,5)35(30)25-37(31)43/h10-26,38H,8-9H2,1-7H3/q+1. The van der Waals surface area contributed by atoms with Crippen LogP contribution in [0.15, 0.2) is 91.0 Å². The van der Waals surface area contributed by atoms with Crippen LogP contribution in [0.3, 0.4) is 0 Å². The zero-order chi connectivity index (χ0) is 29.9. The minimum atomic E-state index is -0.0367. The third-order valence-electron chi connectivity index (χ3n) is 12.2. The summed E-state index contributed by atoms with van der Waals surface area (Å²) in [5, 5.41) is 2.65. The van der Waals surface area contributed by atoms with Gasteiger partial charge in [-0.25, -0.2) is 4.58 Å². The molecule has 43 heavy (non-hydrogen) atoms. The quantitative estimate of drug-likeness (QED) is 0.193. The van der Waals surface area contributed by atoms with Gasteiger partial charge in [0.05, 0.1) is 16.4 Å². The minimum Gasteiger partial charge on any atom is -0.309 e. The molecule has 3 aliphatic rings. The van der Waals surface area contributed by atoms with Crippen molar-refractivity contribution in [2.24, 2.45) is 5.92 Å². The second-order valence-electron chi connectivity index (χ2n) is 14.3. The van der Waals surface area contributed by atoms with Crippen LogP contribution in [-0.4, -0.2) is 20.9 Å². The van der Waals surface area contributed by atoms with Crippen molar-refractivity contribution in [3.8, 4) is 16.8 Å². The van der Waals surface area contributed by atoms with Gasteiger partial charge in [-0.2, -0.15) is 0 Å². The Hall–Kier alpha value is -3.91. The maximum atomic E-state index is 2.71. The number of rotatable bonds is 3. The number of aromatic nitrogens is 1. The van der Waals surface area contributed by atoms with Gasteiger partial charge in [-0.1, -0.05) is 89.2 Å². The van der Waals surface area contributed by atoms with Crippen molar-refractivity contribution in [2.45, 2.75) is 83.7 Å². The van der Waals surface area contributed by atoms with Crippen LogP contribution in [0.1, 0.15) is 89.6 Å². The highest BCUT2D eigenvalue weighted by Crippen LogP contribution is 2.55. The molecule has 1 aromatic heterocycles. The third-order valence-corrected chi connectivity index (χ3v) is 12.2. The van der Waals surface area contributed by atoms with Gasteiger partial charge in [-0.05, 0) is 77.6 Å². The van der Waals surface area contributed by atoms with E-state index in [2.05, 4.69) is 155 Å². The summed E-state index contributed by atoms with van der Waals surface area (Å²) in [6.07, 6.45) is 9.28. The van der Waals surface area contributed by atoms with E-state index in [1.54, 1.807) is 0 Å². The van der Waals surface area contributed by atoms with E-state index < -0.39 is 0 Å². The fourth-order valence-electron chi connectivity index (χ4n) is 9.27. The number of allylic oxidation sites excluding steroid dienone is 1. The predicted octanol–water partition coefficient (Wildman–Crippen LogP) is 10.3. The Morgan fingerprint density at radius 2 is 1.49 bits per heavy atom. The summed E-state index contributed by atoms with van der Waals surface area (Å²) in [7, 11) is 0. The Kier molecular flexibility index (Phi) is 5.47. The molecule has 5 aromatic rings. The van der Waals surface area contributed by atoms with Crippen LogP contribution in [0.4, 0.5) is 0 Å². The summed E-state index contributed by atoms with van der Waals surface area (Å²) in [4.78, 5) is 0. The molecule has 0 saturated carbocycles. The first-order valence-electron chi connectivity index (χ1n) is 16.3. The van der Waals surface area contributed by atoms with E-state index in [-0.39, 0.29) is 16.4 Å². The summed E-state index contributed by atoms with van der Waals surface area (Å²) in [5.41, 5.74) is 12.5. The first-order chi connectivity index (χ1) is 20.7. The molecule has 4 aromatic carbocycles. The number of nitrogens with zero attached hydrogens (tertiary/aromatic N) is 2. The van der Waals surface area contributed by atoms with Crippen LogP contribution in [0, 0.1) is 5.92 Å². The van der Waals surface area contributed by atoms with Crippen LogP contribution in [0.2, 0.25) is 0 Å². The Bertz CT molecular complexity index is 2030. The molecule has 4 atom stereocenters. The van der Waals surface area contributed by atoms with E-state index in [9.17, 15) is 0 Å². The Morgan fingerprint density at radius 1 is 0.721 bits per heavy atom. The second-order valence-corrected chi connectivity index (χ2v) is 14.3. The van der Waals surface area contributed by atoms with Gasteiger partial charge >= 0.3 is 0 Å². The maximum Gasteiger partial charge on any atom is 0.184 e. The van der Waals surface area contributed by atoms with Crippen molar-refractivity contribution < 1.29 is 4.58 Å². The molecule has 1 aliphatic carbocycles. The Balaban J connectivity index is 1.42. The van der Waals surface area contributed by atoms with E-state index >= 15 is 0 Å². The summed E-state index contributed by atoms with van der Waals surface area (Å²) < 4.78 is 5.25. The van der Waals surface area contributed by atoms with Crippen LogP contribution in [0.5, 0.6) is 0 Å². The zero-order valence-corrected chi connectivity index (χ0v) is 26.7. The predicted molar refractivity (Wildman–Crippen MR) is 182 cm³/mol. The van der Waals surface area contributed by atoms with Crippen molar-refractivity contribution in [1.29, 1.82) is 0 Å². The van der Waals surface area contributed by atoms with E-state index in [4.69, 9.17) is 0 Å². The maximum absolute atomic E-state index is 2.71. The SMILES string of the molecule is CCC1(C)c2ccc(-n3c4ccccc4c4cc5c(cc43)C(C)(C)c3ccccc3-5)cc2C2C(C)C=CC=[N+]2C1(C)CC. The van der Waals surface area contributed by atoms with Gasteiger partial charge in [-0.3, -0.25) is 0 Å². The highest BCUT2D eigenvalue weighted by atomic mass is 15.2. The smallest absolute Gasteiger partial charge is 0.184 e. The zero-order valence-electron chi connectivity index (χ0n) is 26.7. The van der Waals surface area contributed by atoms with Crippen LogP contribution < -0.4 is 0 Å². The van der Waals surface area contributed by atoms with Gasteiger partial charge in [0, 0.05) is 46.7 Å². The van der Waals surface area contributed by atoms with Gasteiger partial charge in [0.2, 0.25) is 0 Å². The lowest BCUT2D eigenvalue weighted by Crippen LogP contribution is -2.60. The average Bonchev–Trinajstić information content (AvgIpc) is 3.47. The molecule has 0 bridgehead atoms. The summed E-state index contributed by atoms with van der Waals surface area (Å²) >= 11 is 0. The number of para-hydroxylation sites is 1. The van der Waals surface area contributed by atoms with Crippen molar-refractivity contribution in [3.63, 3.8) is 0 Å². The molecule has 3 heterocycles. The molecule has 8 rings (SSSR count). The molecule has 2 heteroatoms. The molecule has 0 radical (unpaired) electrons. The van der Waals surface area contributed by atoms with Crippen molar-refractivity contribution in [3.05, 3.63) is 113 Å². The largest absolute Gasteiger partial charge is 0.309 e. The normalized spacial score (nSPS) is 26.6. The van der Waals surface area contributed by atoms with Crippen LogP contribution in [-0.2, 0) is 10.8 Å². The second kappa shape index (κ2) is 8.82. The summed E-state index contributed by atoms with van der Waals surface area (Å²) in [6, 6.07) is 30.7. The summed E-state index contributed by atoms with van der Waals surface area (Å²) in [5.74, 6) is 0.437. The lowest BCUT2D eigenvalue weighted by molar-refractivity contribution is -0.662. The van der Waals surface area contributed by atoms with Gasteiger partial charge in [0.1, 0.15) is 0 Å². The van der Waals surface area contributed by atoms with E-state index in [1.807, 2.05) is 0 Å². The van der Waals surface area contributed by atoms with Crippen LogP contribution >= 0.6 is 0 Å². The van der Waals surface area contributed by atoms with Crippen LogP contribution in [0.25, 0.3) is 38.6 Å². The van der Waals surface area contributed by atoms with E-state index in [1.165, 1.54) is 60.9 Å². The van der Waals surface area contributed by atoms with Gasteiger partial charge < -0.3 is 4.57 Å². The molecule has 2 aliphatic heterocycles. The fourth-order valence-corrected chi connectivity index (χ4v) is 9.27. The van der Waals surface area contributed by atoms with Crippen molar-refractivity contribution in [1.82, 2.24) is 4.57 Å². The summed E-state index contributed by atoms with van der Waals surface area (Å²) in [6.45, 7) is 16.9. The molecule has 4 unspecified atom stereocenters. The molecule has 216 valence electrons. The van der Waals surface area contributed by atoms with E-state index in [0.717, 1.165) is 12.8 Å². The lowest BCUT2D eigenvalue weighted by atomic mass is 9.58. The van der Waals surface area contributed by atoms with Gasteiger partial charge in [-0.15, -0.1) is 0 Å². The molecule has 0 fully saturated rings. The molecule has 0 saturated heterocycles. The lowest BCUT2D eigenvalue weighted by Gasteiger charge is -2.51.